The molecule has 2 N–H and O–H groups in total. The zero-order valence-corrected chi connectivity index (χ0v) is 13.5. The second-order valence-electron chi connectivity index (χ2n) is 6.56. The van der Waals surface area contributed by atoms with Gasteiger partial charge in [0.15, 0.2) is 0 Å². The van der Waals surface area contributed by atoms with Gasteiger partial charge < -0.3 is 10.6 Å². The first kappa shape index (κ1) is 16.0. The van der Waals surface area contributed by atoms with Gasteiger partial charge in [-0.2, -0.15) is 0 Å². The van der Waals surface area contributed by atoms with Gasteiger partial charge in [0, 0.05) is 12.1 Å². The maximum atomic E-state index is 12.3. The van der Waals surface area contributed by atoms with Gasteiger partial charge in [-0.1, -0.05) is 39.0 Å². The molecule has 1 atom stereocenters. The van der Waals surface area contributed by atoms with Crippen molar-refractivity contribution < 1.29 is 4.79 Å². The smallest absolute Gasteiger partial charge is 0.224 e. The number of benzene rings is 1. The molecule has 1 unspecified atom stereocenters. The third-order valence-corrected chi connectivity index (χ3v) is 4.55. The summed E-state index contributed by atoms with van der Waals surface area (Å²) in [5.74, 6) is 1.70. The number of carbonyl (C=O) groups is 1. The number of hydrogen-bond donors (Lipinski definition) is 2. The maximum Gasteiger partial charge on any atom is 0.224 e. The average molecular weight is 288 g/mol. The summed E-state index contributed by atoms with van der Waals surface area (Å²) in [4.78, 5) is 12.3. The molecule has 3 nitrogen and oxygen atoms in total. The summed E-state index contributed by atoms with van der Waals surface area (Å²) >= 11 is 0. The molecule has 0 saturated carbocycles. The second-order valence-corrected chi connectivity index (χ2v) is 6.56. The van der Waals surface area contributed by atoms with Crippen LogP contribution < -0.4 is 10.6 Å². The molecule has 0 radical (unpaired) electrons. The number of rotatable bonds is 5. The van der Waals surface area contributed by atoms with Gasteiger partial charge in [-0.15, -0.1) is 0 Å². The van der Waals surface area contributed by atoms with E-state index in [9.17, 15) is 4.79 Å². The van der Waals surface area contributed by atoms with E-state index in [4.69, 9.17) is 0 Å². The van der Waals surface area contributed by atoms with Crippen molar-refractivity contribution in [3.8, 4) is 0 Å². The van der Waals surface area contributed by atoms with Crippen LogP contribution in [0.1, 0.15) is 51.5 Å². The van der Waals surface area contributed by atoms with Crippen LogP contribution in [0.15, 0.2) is 24.3 Å². The van der Waals surface area contributed by atoms with E-state index < -0.39 is 0 Å². The summed E-state index contributed by atoms with van der Waals surface area (Å²) in [5.41, 5.74) is 2.18. The number of para-hydroxylation sites is 1. The summed E-state index contributed by atoms with van der Waals surface area (Å²) < 4.78 is 0. The third kappa shape index (κ3) is 4.57. The first-order valence-corrected chi connectivity index (χ1v) is 8.17. The standard InChI is InChI=1S/C18H28N2O/c1-13(2)16-6-4-5-7-17(16)20-18(21)12-14(3)15-8-10-19-11-9-15/h4-7,13-15,19H,8-12H2,1-3H3,(H,20,21). The molecule has 0 spiro atoms. The van der Waals surface area contributed by atoms with Crippen molar-refractivity contribution in [2.24, 2.45) is 11.8 Å². The number of anilines is 1. The lowest BCUT2D eigenvalue weighted by Crippen LogP contribution is -2.32. The fraction of sp³-hybridized carbons (Fsp3) is 0.611. The molecule has 116 valence electrons. The molecular weight excluding hydrogens is 260 g/mol. The molecule has 1 aromatic carbocycles. The predicted octanol–water partition coefficient (Wildman–Crippen LogP) is 3.77. The summed E-state index contributed by atoms with van der Waals surface area (Å²) in [7, 11) is 0. The Hall–Kier alpha value is -1.35. The number of nitrogens with one attached hydrogen (secondary N) is 2. The summed E-state index contributed by atoms with van der Waals surface area (Å²) in [5, 5.41) is 6.49. The lowest BCUT2D eigenvalue weighted by atomic mass is 9.84. The van der Waals surface area contributed by atoms with Crippen LogP contribution in [0.4, 0.5) is 5.69 Å². The largest absolute Gasteiger partial charge is 0.326 e. The Labute approximate surface area is 128 Å². The second kappa shape index (κ2) is 7.60. The Morgan fingerprint density at radius 2 is 1.90 bits per heavy atom. The molecule has 1 saturated heterocycles. The van der Waals surface area contributed by atoms with Gasteiger partial charge >= 0.3 is 0 Å². The third-order valence-electron chi connectivity index (χ3n) is 4.55. The quantitative estimate of drug-likeness (QED) is 0.866. The molecule has 3 heteroatoms. The fourth-order valence-electron chi connectivity index (χ4n) is 3.19. The molecule has 1 aliphatic heterocycles. The van der Waals surface area contributed by atoms with Gasteiger partial charge in [-0.3, -0.25) is 4.79 Å². The monoisotopic (exact) mass is 288 g/mol. The molecule has 0 bridgehead atoms. The van der Waals surface area contributed by atoms with Crippen LogP contribution in [0.25, 0.3) is 0 Å². The number of carbonyl (C=O) groups excluding carboxylic acids is 1. The Balaban J connectivity index is 1.92. The van der Waals surface area contributed by atoms with Crippen LogP contribution in [0.5, 0.6) is 0 Å². The molecule has 1 amide bonds. The van der Waals surface area contributed by atoms with Gasteiger partial charge in [0.05, 0.1) is 0 Å². The van der Waals surface area contributed by atoms with Crippen molar-refractivity contribution in [2.45, 2.75) is 46.0 Å². The van der Waals surface area contributed by atoms with E-state index in [1.54, 1.807) is 0 Å². The fourth-order valence-corrected chi connectivity index (χ4v) is 3.19. The zero-order valence-electron chi connectivity index (χ0n) is 13.5. The lowest BCUT2D eigenvalue weighted by molar-refractivity contribution is -0.117. The molecule has 1 aromatic rings. The van der Waals surface area contributed by atoms with Crippen LogP contribution >= 0.6 is 0 Å². The normalized spacial score (nSPS) is 17.7. The van der Waals surface area contributed by atoms with Crippen LogP contribution in [0.3, 0.4) is 0 Å². The predicted molar refractivity (Wildman–Crippen MR) is 88.5 cm³/mol. The summed E-state index contributed by atoms with van der Waals surface area (Å²) in [6.45, 7) is 8.70. The van der Waals surface area contributed by atoms with Crippen molar-refractivity contribution in [1.82, 2.24) is 5.32 Å². The molecule has 2 rings (SSSR count). The molecule has 21 heavy (non-hydrogen) atoms. The first-order valence-electron chi connectivity index (χ1n) is 8.17. The number of piperidine rings is 1. The lowest BCUT2D eigenvalue weighted by Gasteiger charge is -2.28. The molecule has 1 fully saturated rings. The first-order chi connectivity index (χ1) is 10.1. The SMILES string of the molecule is CC(C)c1ccccc1NC(=O)CC(C)C1CCNCC1. The number of amides is 1. The van der Waals surface area contributed by atoms with Crippen molar-refractivity contribution in [3.05, 3.63) is 29.8 Å². The Kier molecular flexibility index (Phi) is 5.80. The van der Waals surface area contributed by atoms with E-state index in [1.807, 2.05) is 18.2 Å². The Bertz CT molecular complexity index is 464. The van der Waals surface area contributed by atoms with E-state index in [0.717, 1.165) is 18.8 Å². The minimum atomic E-state index is 0.147. The van der Waals surface area contributed by atoms with Crippen molar-refractivity contribution >= 4 is 11.6 Å². The van der Waals surface area contributed by atoms with E-state index in [0.29, 0.717) is 24.2 Å². The zero-order chi connectivity index (χ0) is 15.2. The topological polar surface area (TPSA) is 41.1 Å². The van der Waals surface area contributed by atoms with Gasteiger partial charge in [0.2, 0.25) is 5.91 Å². The Morgan fingerprint density at radius 3 is 2.57 bits per heavy atom. The van der Waals surface area contributed by atoms with Gasteiger partial charge in [-0.25, -0.2) is 0 Å². The van der Waals surface area contributed by atoms with Gasteiger partial charge in [0.1, 0.15) is 0 Å². The highest BCUT2D eigenvalue weighted by Crippen LogP contribution is 2.27. The van der Waals surface area contributed by atoms with Crippen molar-refractivity contribution in [2.75, 3.05) is 18.4 Å². The van der Waals surface area contributed by atoms with Gasteiger partial charge in [-0.05, 0) is 55.3 Å². The summed E-state index contributed by atoms with van der Waals surface area (Å²) in [6, 6.07) is 8.11. The van der Waals surface area contributed by atoms with E-state index in [2.05, 4.69) is 37.5 Å². The highest BCUT2D eigenvalue weighted by molar-refractivity contribution is 5.91. The highest BCUT2D eigenvalue weighted by Gasteiger charge is 2.22. The minimum absolute atomic E-state index is 0.147. The number of hydrogen-bond acceptors (Lipinski definition) is 2. The van der Waals surface area contributed by atoms with Crippen molar-refractivity contribution in [1.29, 1.82) is 0 Å². The molecule has 1 heterocycles. The van der Waals surface area contributed by atoms with Gasteiger partial charge in [0.25, 0.3) is 0 Å². The van der Waals surface area contributed by atoms with Crippen LogP contribution in [-0.4, -0.2) is 19.0 Å². The van der Waals surface area contributed by atoms with E-state index >= 15 is 0 Å². The molecule has 0 aromatic heterocycles. The molecular formula is C18H28N2O. The van der Waals surface area contributed by atoms with Crippen LogP contribution in [0.2, 0.25) is 0 Å². The average Bonchev–Trinajstić information content (AvgIpc) is 2.48. The van der Waals surface area contributed by atoms with Crippen molar-refractivity contribution in [3.63, 3.8) is 0 Å². The molecule has 1 aliphatic rings. The molecule has 0 aliphatic carbocycles. The van der Waals surface area contributed by atoms with E-state index in [-0.39, 0.29) is 5.91 Å². The summed E-state index contributed by atoms with van der Waals surface area (Å²) in [6.07, 6.45) is 3.01. The van der Waals surface area contributed by atoms with Crippen LogP contribution in [0, 0.1) is 11.8 Å². The van der Waals surface area contributed by atoms with E-state index in [1.165, 1.54) is 18.4 Å². The Morgan fingerprint density at radius 1 is 1.24 bits per heavy atom. The maximum absolute atomic E-state index is 12.3. The highest BCUT2D eigenvalue weighted by atomic mass is 16.1. The van der Waals surface area contributed by atoms with Crippen LogP contribution in [-0.2, 0) is 4.79 Å². The minimum Gasteiger partial charge on any atom is -0.326 e.